The van der Waals surface area contributed by atoms with E-state index in [1.807, 2.05) is 0 Å². The second-order valence-electron chi connectivity index (χ2n) is 4.41. The highest BCUT2D eigenvalue weighted by Gasteiger charge is 2.30. The molecule has 0 aromatic heterocycles. The van der Waals surface area contributed by atoms with Crippen LogP contribution >= 0.6 is 0 Å². The molecule has 0 amide bonds. The van der Waals surface area contributed by atoms with Gasteiger partial charge < -0.3 is 10.1 Å². The summed E-state index contributed by atoms with van der Waals surface area (Å²) in [5.74, 6) is 0.940. The number of nitrogens with one attached hydrogen (secondary N) is 1. The summed E-state index contributed by atoms with van der Waals surface area (Å²) in [5.41, 5.74) is 0. The van der Waals surface area contributed by atoms with E-state index in [2.05, 4.69) is 12.2 Å². The summed E-state index contributed by atoms with van der Waals surface area (Å²) < 4.78 is 5.84. The molecule has 2 aliphatic rings. The summed E-state index contributed by atoms with van der Waals surface area (Å²) in [6, 6.07) is 0.654. The molecular weight excluding hydrogens is 162 g/mol. The third-order valence-electron chi connectivity index (χ3n) is 3.53. The van der Waals surface area contributed by atoms with Gasteiger partial charge in [0.2, 0.25) is 0 Å². The van der Waals surface area contributed by atoms with Crippen LogP contribution in [0.5, 0.6) is 0 Å². The Bertz CT molecular complexity index is 160. The minimum atomic E-state index is 0.519. The van der Waals surface area contributed by atoms with Crippen molar-refractivity contribution in [3.05, 3.63) is 0 Å². The smallest absolute Gasteiger partial charge is 0.0728 e. The van der Waals surface area contributed by atoms with E-state index >= 15 is 0 Å². The summed E-state index contributed by atoms with van der Waals surface area (Å²) in [6.07, 6.45) is 7.02. The second kappa shape index (κ2) is 4.43. The fraction of sp³-hybridized carbons (Fsp3) is 1.00. The molecule has 76 valence electrons. The lowest BCUT2D eigenvalue weighted by Gasteiger charge is -2.34. The molecule has 1 heterocycles. The van der Waals surface area contributed by atoms with Gasteiger partial charge in [0, 0.05) is 12.6 Å². The predicted octanol–water partition coefficient (Wildman–Crippen LogP) is 1.94. The summed E-state index contributed by atoms with van der Waals surface area (Å²) >= 11 is 0. The topological polar surface area (TPSA) is 21.3 Å². The predicted molar refractivity (Wildman–Crippen MR) is 53.8 cm³/mol. The molecule has 0 bridgehead atoms. The van der Waals surface area contributed by atoms with Crippen molar-refractivity contribution in [3.63, 3.8) is 0 Å². The van der Waals surface area contributed by atoms with E-state index in [9.17, 15) is 0 Å². The van der Waals surface area contributed by atoms with Gasteiger partial charge >= 0.3 is 0 Å². The maximum Gasteiger partial charge on any atom is 0.0728 e. The van der Waals surface area contributed by atoms with Crippen LogP contribution in [0.1, 0.15) is 39.0 Å². The van der Waals surface area contributed by atoms with E-state index in [1.54, 1.807) is 0 Å². The lowest BCUT2D eigenvalue weighted by atomic mass is 9.82. The van der Waals surface area contributed by atoms with Crippen LogP contribution < -0.4 is 5.32 Å². The van der Waals surface area contributed by atoms with Gasteiger partial charge in [0.25, 0.3) is 0 Å². The zero-order valence-corrected chi connectivity index (χ0v) is 8.59. The lowest BCUT2D eigenvalue weighted by molar-refractivity contribution is 0.00929. The Kier molecular flexibility index (Phi) is 3.23. The third kappa shape index (κ3) is 2.23. The number of hydrogen-bond acceptors (Lipinski definition) is 2. The van der Waals surface area contributed by atoms with Crippen LogP contribution in [0, 0.1) is 5.92 Å². The maximum absolute atomic E-state index is 5.84. The molecule has 0 spiro atoms. The molecule has 13 heavy (non-hydrogen) atoms. The van der Waals surface area contributed by atoms with E-state index < -0.39 is 0 Å². The van der Waals surface area contributed by atoms with Crippen LogP contribution in [0.3, 0.4) is 0 Å². The molecular formula is C11H21NO. The van der Waals surface area contributed by atoms with Gasteiger partial charge in [-0.15, -0.1) is 0 Å². The van der Waals surface area contributed by atoms with Crippen molar-refractivity contribution in [2.75, 3.05) is 13.2 Å². The highest BCUT2D eigenvalue weighted by atomic mass is 16.5. The van der Waals surface area contributed by atoms with Crippen LogP contribution in [0.2, 0.25) is 0 Å². The fourth-order valence-electron chi connectivity index (χ4n) is 2.61. The quantitative estimate of drug-likeness (QED) is 0.671. The molecule has 1 N–H and O–H groups in total. The Balaban J connectivity index is 1.91. The number of fused-ring (bicyclic) bond motifs is 1. The zero-order chi connectivity index (χ0) is 9.10. The van der Waals surface area contributed by atoms with E-state index in [-0.39, 0.29) is 0 Å². The molecule has 2 fully saturated rings. The Hall–Kier alpha value is -0.0800. The molecule has 0 aromatic carbocycles. The van der Waals surface area contributed by atoms with Crippen molar-refractivity contribution >= 4 is 0 Å². The first kappa shape index (κ1) is 9.47. The highest BCUT2D eigenvalue weighted by molar-refractivity contribution is 4.86. The summed E-state index contributed by atoms with van der Waals surface area (Å²) in [6.45, 7) is 4.42. The Morgan fingerprint density at radius 1 is 1.38 bits per heavy atom. The van der Waals surface area contributed by atoms with Gasteiger partial charge in [-0.25, -0.2) is 0 Å². The molecule has 2 nitrogen and oxygen atoms in total. The average Bonchev–Trinajstić information content (AvgIpc) is 2.41. The van der Waals surface area contributed by atoms with Gasteiger partial charge in [-0.2, -0.15) is 0 Å². The second-order valence-corrected chi connectivity index (χ2v) is 4.41. The zero-order valence-electron chi connectivity index (χ0n) is 8.59. The van der Waals surface area contributed by atoms with E-state index in [4.69, 9.17) is 4.74 Å². The minimum absolute atomic E-state index is 0.519. The van der Waals surface area contributed by atoms with E-state index in [0.29, 0.717) is 12.1 Å². The van der Waals surface area contributed by atoms with Crippen LogP contribution in [0.4, 0.5) is 0 Å². The van der Waals surface area contributed by atoms with Gasteiger partial charge in [-0.3, -0.25) is 0 Å². The lowest BCUT2D eigenvalue weighted by Crippen LogP contribution is -2.44. The van der Waals surface area contributed by atoms with Crippen molar-refractivity contribution in [2.45, 2.75) is 51.2 Å². The normalized spacial score (nSPS) is 40.8. The molecule has 1 saturated carbocycles. The van der Waals surface area contributed by atoms with E-state index in [0.717, 1.165) is 19.1 Å². The van der Waals surface area contributed by atoms with Crippen molar-refractivity contribution in [3.8, 4) is 0 Å². The van der Waals surface area contributed by atoms with Crippen LogP contribution in [-0.4, -0.2) is 25.3 Å². The Labute approximate surface area is 81.0 Å². The number of ether oxygens (including phenoxy) is 1. The van der Waals surface area contributed by atoms with Gasteiger partial charge in [0.15, 0.2) is 0 Å². The van der Waals surface area contributed by atoms with Crippen LogP contribution in [0.25, 0.3) is 0 Å². The molecule has 0 aromatic rings. The van der Waals surface area contributed by atoms with Gasteiger partial charge in [0.1, 0.15) is 0 Å². The minimum Gasteiger partial charge on any atom is -0.377 e. The summed E-state index contributed by atoms with van der Waals surface area (Å²) in [7, 11) is 0. The standard InChI is InChI=1S/C11H21NO/c1-2-9-4-5-11-10(8-9)12-6-3-7-13-11/h9-12H,2-8H2,1H3. The van der Waals surface area contributed by atoms with Gasteiger partial charge in [-0.1, -0.05) is 13.3 Å². The molecule has 1 aliphatic heterocycles. The molecule has 2 heteroatoms. The fourth-order valence-corrected chi connectivity index (χ4v) is 2.61. The maximum atomic E-state index is 5.84. The molecule has 0 radical (unpaired) electrons. The first-order valence-corrected chi connectivity index (χ1v) is 5.75. The molecule has 1 aliphatic carbocycles. The average molecular weight is 183 g/mol. The third-order valence-corrected chi connectivity index (χ3v) is 3.53. The van der Waals surface area contributed by atoms with Crippen LogP contribution in [0.15, 0.2) is 0 Å². The molecule has 2 rings (SSSR count). The molecule has 1 saturated heterocycles. The first-order chi connectivity index (χ1) is 6.40. The van der Waals surface area contributed by atoms with Crippen LogP contribution in [-0.2, 0) is 4.74 Å². The van der Waals surface area contributed by atoms with Crippen molar-refractivity contribution < 1.29 is 4.74 Å². The summed E-state index contributed by atoms with van der Waals surface area (Å²) in [5, 5.41) is 3.62. The largest absolute Gasteiger partial charge is 0.377 e. The SMILES string of the molecule is CCC1CCC2OCCCNC2C1. The Morgan fingerprint density at radius 2 is 2.31 bits per heavy atom. The van der Waals surface area contributed by atoms with Gasteiger partial charge in [0.05, 0.1) is 6.10 Å². The van der Waals surface area contributed by atoms with Gasteiger partial charge in [-0.05, 0) is 38.1 Å². The highest BCUT2D eigenvalue weighted by Crippen LogP contribution is 2.29. The summed E-state index contributed by atoms with van der Waals surface area (Å²) in [4.78, 5) is 0. The van der Waals surface area contributed by atoms with Crippen molar-refractivity contribution in [1.82, 2.24) is 5.32 Å². The molecule has 3 atom stereocenters. The molecule has 3 unspecified atom stereocenters. The first-order valence-electron chi connectivity index (χ1n) is 5.75. The van der Waals surface area contributed by atoms with Crippen molar-refractivity contribution in [2.24, 2.45) is 5.92 Å². The van der Waals surface area contributed by atoms with Crippen molar-refractivity contribution in [1.29, 1.82) is 0 Å². The van der Waals surface area contributed by atoms with E-state index in [1.165, 1.54) is 32.1 Å². The monoisotopic (exact) mass is 183 g/mol. The number of hydrogen-bond donors (Lipinski definition) is 1. The number of rotatable bonds is 1. The Morgan fingerprint density at radius 3 is 3.15 bits per heavy atom.